The molecule has 0 nitrogen and oxygen atoms in total. The molecule has 3 unspecified atom stereocenters. The monoisotopic (exact) mass is 254 g/mol. The minimum absolute atomic E-state index is 0.868. The quantitative estimate of drug-likeness (QED) is 0.385. The van der Waals surface area contributed by atoms with Crippen molar-refractivity contribution in [2.45, 2.75) is 92.9 Å². The van der Waals surface area contributed by atoms with Crippen LogP contribution in [0.25, 0.3) is 0 Å². The lowest BCUT2D eigenvalue weighted by molar-refractivity contribution is 0.240. The average molecular weight is 255 g/mol. The molecular weight excluding hydrogens is 216 g/mol. The lowest BCUT2D eigenvalue weighted by atomic mass is 9.78. The van der Waals surface area contributed by atoms with E-state index in [4.69, 9.17) is 0 Å². The second-order valence-corrected chi connectivity index (χ2v) is 6.79. The summed E-state index contributed by atoms with van der Waals surface area (Å²) in [6.45, 7) is 14.3. The summed E-state index contributed by atoms with van der Waals surface area (Å²) in [6, 6.07) is 0. The average Bonchev–Trinajstić information content (AvgIpc) is 2.32. The Balaban J connectivity index is 4.19. The van der Waals surface area contributed by atoms with E-state index in [-0.39, 0.29) is 0 Å². The molecule has 0 heteroatoms. The first-order valence-electron chi connectivity index (χ1n) is 8.54. The van der Waals surface area contributed by atoms with E-state index < -0.39 is 0 Å². The van der Waals surface area contributed by atoms with Crippen LogP contribution in [0.2, 0.25) is 0 Å². The maximum absolute atomic E-state index is 2.45. The fourth-order valence-electron chi connectivity index (χ4n) is 3.23. The van der Waals surface area contributed by atoms with E-state index >= 15 is 0 Å². The molecule has 0 aromatic carbocycles. The molecule has 0 rings (SSSR count). The summed E-state index contributed by atoms with van der Waals surface area (Å²) in [7, 11) is 0. The predicted octanol–water partition coefficient (Wildman–Crippen LogP) is 6.69. The summed E-state index contributed by atoms with van der Waals surface area (Å²) in [5.74, 6) is 3.73. The summed E-state index contributed by atoms with van der Waals surface area (Å²) >= 11 is 0. The highest BCUT2D eigenvalue weighted by molar-refractivity contribution is 4.70. The summed E-state index contributed by atoms with van der Waals surface area (Å²) in [6.07, 6.45) is 11.3. The van der Waals surface area contributed by atoms with Gasteiger partial charge in [0.2, 0.25) is 0 Å². The van der Waals surface area contributed by atoms with Crippen LogP contribution in [0.3, 0.4) is 0 Å². The molecule has 0 aromatic rings. The number of hydrogen-bond donors (Lipinski definition) is 0. The second kappa shape index (κ2) is 10.9. The number of unbranched alkanes of at least 4 members (excludes halogenated alkanes) is 1. The van der Waals surface area contributed by atoms with Crippen molar-refractivity contribution in [3.8, 4) is 0 Å². The molecule has 3 atom stereocenters. The second-order valence-electron chi connectivity index (χ2n) is 6.79. The molecule has 110 valence electrons. The fourth-order valence-corrected chi connectivity index (χ4v) is 3.23. The zero-order valence-corrected chi connectivity index (χ0v) is 14.0. The number of hydrogen-bond acceptors (Lipinski definition) is 0. The Morgan fingerprint density at radius 2 is 1.44 bits per heavy atom. The van der Waals surface area contributed by atoms with E-state index in [2.05, 4.69) is 41.5 Å². The van der Waals surface area contributed by atoms with E-state index in [0.29, 0.717) is 0 Å². The van der Waals surface area contributed by atoms with Gasteiger partial charge in [0.15, 0.2) is 0 Å². The van der Waals surface area contributed by atoms with Crippen LogP contribution >= 0.6 is 0 Å². The van der Waals surface area contributed by atoms with Crippen LogP contribution in [0.4, 0.5) is 0 Å². The van der Waals surface area contributed by atoms with Crippen molar-refractivity contribution in [1.82, 2.24) is 0 Å². The molecule has 0 aliphatic heterocycles. The Bertz CT molecular complexity index is 171. The van der Waals surface area contributed by atoms with E-state index in [0.717, 1.165) is 23.7 Å². The molecule has 0 bridgehead atoms. The van der Waals surface area contributed by atoms with Gasteiger partial charge < -0.3 is 0 Å². The third-order valence-electron chi connectivity index (χ3n) is 4.60. The van der Waals surface area contributed by atoms with E-state index in [1.807, 2.05) is 0 Å². The van der Waals surface area contributed by atoms with Gasteiger partial charge in [-0.25, -0.2) is 0 Å². The maximum atomic E-state index is 2.45. The van der Waals surface area contributed by atoms with Crippen LogP contribution in [0, 0.1) is 23.7 Å². The van der Waals surface area contributed by atoms with Crippen molar-refractivity contribution in [3.05, 3.63) is 0 Å². The van der Waals surface area contributed by atoms with Gasteiger partial charge in [-0.05, 0) is 36.5 Å². The summed E-state index contributed by atoms with van der Waals surface area (Å²) in [4.78, 5) is 0. The molecule has 0 N–H and O–H groups in total. The van der Waals surface area contributed by atoms with Gasteiger partial charge in [-0.15, -0.1) is 0 Å². The summed E-state index contributed by atoms with van der Waals surface area (Å²) < 4.78 is 0. The van der Waals surface area contributed by atoms with Crippen molar-refractivity contribution in [3.63, 3.8) is 0 Å². The minimum atomic E-state index is 0.868. The molecule has 0 aliphatic carbocycles. The van der Waals surface area contributed by atoms with Crippen LogP contribution in [0.1, 0.15) is 92.9 Å². The smallest absolute Gasteiger partial charge is 0.0388 e. The van der Waals surface area contributed by atoms with Crippen LogP contribution in [0.15, 0.2) is 0 Å². The fraction of sp³-hybridized carbons (Fsp3) is 1.00. The summed E-state index contributed by atoms with van der Waals surface area (Å²) in [5.41, 5.74) is 0. The molecule has 0 fully saturated rings. The molecule has 0 amide bonds. The molecule has 0 saturated heterocycles. The first-order chi connectivity index (χ1) is 8.54. The predicted molar refractivity (Wildman–Crippen MR) is 84.9 cm³/mol. The van der Waals surface area contributed by atoms with Gasteiger partial charge in [0.1, 0.15) is 0 Å². The molecule has 0 aromatic heterocycles. The molecule has 0 heterocycles. The van der Waals surface area contributed by atoms with Gasteiger partial charge in [-0.2, -0.15) is 0 Å². The van der Waals surface area contributed by atoms with Crippen molar-refractivity contribution in [2.75, 3.05) is 0 Å². The van der Waals surface area contributed by atoms with Gasteiger partial charge >= 0.3 is 0 Å². The maximum Gasteiger partial charge on any atom is -0.0388 e. The standard InChI is InChI=1S/C18H38/c1-7-10-12-18(15(4)5)14-17(9-3)13-16(6)11-8-2/h15-18H,7-14H2,1-6H3. The zero-order chi connectivity index (χ0) is 14.0. The van der Waals surface area contributed by atoms with Gasteiger partial charge in [0.25, 0.3) is 0 Å². The SMILES string of the molecule is CCCCC(CC(CC)CC(C)CCC)C(C)C. The highest BCUT2D eigenvalue weighted by atomic mass is 14.2. The third-order valence-corrected chi connectivity index (χ3v) is 4.60. The first-order valence-corrected chi connectivity index (χ1v) is 8.54. The molecule has 0 saturated carbocycles. The zero-order valence-electron chi connectivity index (χ0n) is 14.0. The Morgan fingerprint density at radius 3 is 1.89 bits per heavy atom. The van der Waals surface area contributed by atoms with Gasteiger partial charge in [-0.3, -0.25) is 0 Å². The lowest BCUT2D eigenvalue weighted by Crippen LogP contribution is -2.16. The molecule has 0 radical (unpaired) electrons. The number of rotatable bonds is 11. The van der Waals surface area contributed by atoms with Crippen LogP contribution in [0.5, 0.6) is 0 Å². The highest BCUT2D eigenvalue weighted by Crippen LogP contribution is 2.31. The van der Waals surface area contributed by atoms with Crippen LogP contribution in [-0.4, -0.2) is 0 Å². The highest BCUT2D eigenvalue weighted by Gasteiger charge is 2.19. The van der Waals surface area contributed by atoms with Crippen molar-refractivity contribution in [2.24, 2.45) is 23.7 Å². The molecule has 0 aliphatic rings. The van der Waals surface area contributed by atoms with Gasteiger partial charge in [-0.1, -0.05) is 80.1 Å². The van der Waals surface area contributed by atoms with Gasteiger partial charge in [0, 0.05) is 0 Å². The Hall–Kier alpha value is 0. The molecular formula is C18H38. The van der Waals surface area contributed by atoms with Crippen LogP contribution in [-0.2, 0) is 0 Å². The van der Waals surface area contributed by atoms with Crippen LogP contribution < -0.4 is 0 Å². The Labute approximate surface area is 117 Å². The topological polar surface area (TPSA) is 0 Å². The first kappa shape index (κ1) is 18.0. The molecule has 18 heavy (non-hydrogen) atoms. The minimum Gasteiger partial charge on any atom is -0.0654 e. The Morgan fingerprint density at radius 1 is 0.778 bits per heavy atom. The Kier molecular flexibility index (Phi) is 10.9. The van der Waals surface area contributed by atoms with Crippen molar-refractivity contribution >= 4 is 0 Å². The van der Waals surface area contributed by atoms with E-state index in [9.17, 15) is 0 Å². The largest absolute Gasteiger partial charge is 0.0654 e. The van der Waals surface area contributed by atoms with Crippen molar-refractivity contribution < 1.29 is 0 Å². The van der Waals surface area contributed by atoms with Crippen molar-refractivity contribution in [1.29, 1.82) is 0 Å². The lowest BCUT2D eigenvalue weighted by Gasteiger charge is -2.27. The normalized spacial score (nSPS) is 16.8. The third kappa shape index (κ3) is 8.16. The molecule has 0 spiro atoms. The van der Waals surface area contributed by atoms with E-state index in [1.165, 1.54) is 51.4 Å². The summed E-state index contributed by atoms with van der Waals surface area (Å²) in [5, 5.41) is 0. The van der Waals surface area contributed by atoms with Gasteiger partial charge in [0.05, 0.1) is 0 Å². The van der Waals surface area contributed by atoms with E-state index in [1.54, 1.807) is 0 Å².